The Morgan fingerprint density at radius 2 is 2.16 bits per heavy atom. The van der Waals surface area contributed by atoms with E-state index in [2.05, 4.69) is 63.3 Å². The second kappa shape index (κ2) is 6.78. The maximum Gasteiger partial charge on any atom is 0.0801 e. The van der Waals surface area contributed by atoms with Crippen molar-refractivity contribution in [3.63, 3.8) is 0 Å². The summed E-state index contributed by atoms with van der Waals surface area (Å²) >= 11 is 3.59. The summed E-state index contributed by atoms with van der Waals surface area (Å²) in [5.41, 5.74) is 3.43. The molecule has 2 rings (SSSR count). The lowest BCUT2D eigenvalue weighted by atomic mass is 9.99. The number of hydrogen-bond acceptors (Lipinski definition) is 3. The number of nitrogens with one attached hydrogen (secondary N) is 1. The molecule has 0 amide bonds. The molecule has 1 unspecified atom stereocenters. The van der Waals surface area contributed by atoms with Crippen LogP contribution < -0.4 is 5.32 Å². The van der Waals surface area contributed by atoms with Crippen LogP contribution in [0.1, 0.15) is 36.2 Å². The van der Waals surface area contributed by atoms with Crippen LogP contribution in [0.5, 0.6) is 0 Å². The van der Waals surface area contributed by atoms with Crippen molar-refractivity contribution in [2.45, 2.75) is 26.3 Å². The lowest BCUT2D eigenvalue weighted by molar-refractivity contribution is 0.582. The summed E-state index contributed by atoms with van der Waals surface area (Å²) in [5, 5.41) is 3.55. The SMILES string of the molecule is CCCNC(c1cnccn1)c1cccc(Br)c1C. The van der Waals surface area contributed by atoms with E-state index in [-0.39, 0.29) is 6.04 Å². The zero-order valence-electron chi connectivity index (χ0n) is 11.2. The van der Waals surface area contributed by atoms with Gasteiger partial charge < -0.3 is 5.32 Å². The molecule has 0 spiro atoms. The van der Waals surface area contributed by atoms with E-state index in [1.54, 1.807) is 12.4 Å². The molecule has 0 saturated carbocycles. The molecule has 1 N–H and O–H groups in total. The summed E-state index contributed by atoms with van der Waals surface area (Å²) in [6.45, 7) is 5.23. The summed E-state index contributed by atoms with van der Waals surface area (Å²) < 4.78 is 1.12. The fourth-order valence-electron chi connectivity index (χ4n) is 2.06. The summed E-state index contributed by atoms with van der Waals surface area (Å²) in [6, 6.07) is 6.35. The Morgan fingerprint density at radius 3 is 2.84 bits per heavy atom. The Morgan fingerprint density at radius 1 is 1.32 bits per heavy atom. The van der Waals surface area contributed by atoms with Crippen LogP contribution in [0, 0.1) is 6.92 Å². The zero-order valence-corrected chi connectivity index (χ0v) is 12.8. The first-order valence-corrected chi connectivity index (χ1v) is 7.27. The Hall–Kier alpha value is -1.26. The van der Waals surface area contributed by atoms with Gasteiger partial charge in [-0.05, 0) is 37.1 Å². The Bertz CT molecular complexity index is 528. The monoisotopic (exact) mass is 319 g/mol. The Balaban J connectivity index is 2.40. The molecule has 1 aromatic carbocycles. The molecular weight excluding hydrogens is 302 g/mol. The van der Waals surface area contributed by atoms with Gasteiger partial charge in [0.25, 0.3) is 0 Å². The van der Waals surface area contributed by atoms with Crippen LogP contribution in [-0.2, 0) is 0 Å². The van der Waals surface area contributed by atoms with Gasteiger partial charge in [0, 0.05) is 16.9 Å². The van der Waals surface area contributed by atoms with Crippen molar-refractivity contribution in [1.29, 1.82) is 0 Å². The number of halogens is 1. The molecule has 1 heterocycles. The van der Waals surface area contributed by atoms with Crippen LogP contribution in [0.15, 0.2) is 41.3 Å². The molecule has 0 radical (unpaired) electrons. The lowest BCUT2D eigenvalue weighted by Gasteiger charge is -2.20. The van der Waals surface area contributed by atoms with Crippen LogP contribution in [-0.4, -0.2) is 16.5 Å². The van der Waals surface area contributed by atoms with Gasteiger partial charge in [-0.1, -0.05) is 35.0 Å². The van der Waals surface area contributed by atoms with Crippen molar-refractivity contribution < 1.29 is 0 Å². The molecule has 0 fully saturated rings. The summed E-state index contributed by atoms with van der Waals surface area (Å²) in [6.07, 6.45) is 6.36. The standard InChI is InChI=1S/C15H18BrN3/c1-3-7-19-15(14-10-17-8-9-18-14)12-5-4-6-13(16)11(12)2/h4-6,8-10,15,19H,3,7H2,1-2H3. The van der Waals surface area contributed by atoms with E-state index in [1.165, 1.54) is 11.1 Å². The van der Waals surface area contributed by atoms with Gasteiger partial charge in [-0.2, -0.15) is 0 Å². The van der Waals surface area contributed by atoms with Crippen molar-refractivity contribution in [2.75, 3.05) is 6.54 Å². The molecule has 0 aliphatic carbocycles. The van der Waals surface area contributed by atoms with E-state index in [4.69, 9.17) is 0 Å². The predicted molar refractivity (Wildman–Crippen MR) is 81.0 cm³/mol. The topological polar surface area (TPSA) is 37.8 Å². The fourth-order valence-corrected chi connectivity index (χ4v) is 2.44. The molecule has 0 aliphatic heterocycles. The third kappa shape index (κ3) is 3.39. The number of aromatic nitrogens is 2. The largest absolute Gasteiger partial charge is 0.305 e. The number of benzene rings is 1. The highest BCUT2D eigenvalue weighted by Crippen LogP contribution is 2.27. The molecule has 3 nitrogen and oxygen atoms in total. The van der Waals surface area contributed by atoms with Crippen LogP contribution >= 0.6 is 15.9 Å². The second-order valence-corrected chi connectivity index (χ2v) is 5.33. The highest BCUT2D eigenvalue weighted by Gasteiger charge is 2.17. The maximum absolute atomic E-state index is 4.44. The van der Waals surface area contributed by atoms with Gasteiger partial charge >= 0.3 is 0 Å². The minimum absolute atomic E-state index is 0.0890. The Labute approximate surface area is 122 Å². The average molecular weight is 320 g/mol. The van der Waals surface area contributed by atoms with Crippen molar-refractivity contribution in [2.24, 2.45) is 0 Å². The molecule has 2 aromatic rings. The fraction of sp³-hybridized carbons (Fsp3) is 0.333. The van der Waals surface area contributed by atoms with E-state index in [0.717, 1.165) is 23.1 Å². The van der Waals surface area contributed by atoms with Gasteiger partial charge in [-0.3, -0.25) is 9.97 Å². The third-order valence-electron chi connectivity index (χ3n) is 3.10. The van der Waals surface area contributed by atoms with E-state index in [1.807, 2.05) is 6.20 Å². The molecule has 0 saturated heterocycles. The van der Waals surface area contributed by atoms with Crippen molar-refractivity contribution in [3.05, 3.63) is 58.1 Å². The zero-order chi connectivity index (χ0) is 13.7. The minimum Gasteiger partial charge on any atom is -0.305 e. The first-order valence-electron chi connectivity index (χ1n) is 6.48. The number of hydrogen-bond donors (Lipinski definition) is 1. The molecule has 4 heteroatoms. The van der Waals surface area contributed by atoms with Gasteiger partial charge in [0.2, 0.25) is 0 Å². The first kappa shape index (κ1) is 14.2. The van der Waals surface area contributed by atoms with Gasteiger partial charge in [0.15, 0.2) is 0 Å². The molecule has 0 aliphatic rings. The van der Waals surface area contributed by atoms with Crippen LogP contribution in [0.25, 0.3) is 0 Å². The highest BCUT2D eigenvalue weighted by atomic mass is 79.9. The molecule has 100 valence electrons. The quantitative estimate of drug-likeness (QED) is 0.914. The smallest absolute Gasteiger partial charge is 0.0801 e. The van der Waals surface area contributed by atoms with E-state index in [9.17, 15) is 0 Å². The van der Waals surface area contributed by atoms with E-state index >= 15 is 0 Å². The Kier molecular flexibility index (Phi) is 5.05. The van der Waals surface area contributed by atoms with Gasteiger partial charge in [0.1, 0.15) is 0 Å². The predicted octanol–water partition coefficient (Wildman–Crippen LogP) is 3.64. The molecular formula is C15H18BrN3. The van der Waals surface area contributed by atoms with Gasteiger partial charge in [-0.25, -0.2) is 0 Å². The molecule has 1 atom stereocenters. The average Bonchev–Trinajstić information content (AvgIpc) is 2.45. The second-order valence-electron chi connectivity index (χ2n) is 4.47. The summed E-state index contributed by atoms with van der Waals surface area (Å²) in [5.74, 6) is 0. The maximum atomic E-state index is 4.44. The van der Waals surface area contributed by atoms with Crippen LogP contribution in [0.3, 0.4) is 0 Å². The van der Waals surface area contributed by atoms with Gasteiger partial charge in [-0.15, -0.1) is 0 Å². The van der Waals surface area contributed by atoms with Crippen LogP contribution in [0.2, 0.25) is 0 Å². The normalized spacial score (nSPS) is 12.4. The van der Waals surface area contributed by atoms with Crippen molar-refractivity contribution >= 4 is 15.9 Å². The van der Waals surface area contributed by atoms with Crippen LogP contribution in [0.4, 0.5) is 0 Å². The molecule has 0 bridgehead atoms. The molecule has 1 aromatic heterocycles. The number of rotatable bonds is 5. The van der Waals surface area contributed by atoms with Crippen molar-refractivity contribution in [1.82, 2.24) is 15.3 Å². The third-order valence-corrected chi connectivity index (χ3v) is 3.96. The van der Waals surface area contributed by atoms with Gasteiger partial charge in [0.05, 0.1) is 17.9 Å². The molecule has 19 heavy (non-hydrogen) atoms. The lowest BCUT2D eigenvalue weighted by Crippen LogP contribution is -2.25. The number of nitrogens with zero attached hydrogens (tertiary/aromatic N) is 2. The summed E-state index contributed by atoms with van der Waals surface area (Å²) in [7, 11) is 0. The first-order chi connectivity index (χ1) is 9.24. The summed E-state index contributed by atoms with van der Waals surface area (Å²) in [4.78, 5) is 8.62. The minimum atomic E-state index is 0.0890. The van der Waals surface area contributed by atoms with E-state index < -0.39 is 0 Å². The van der Waals surface area contributed by atoms with Crippen molar-refractivity contribution in [3.8, 4) is 0 Å². The van der Waals surface area contributed by atoms with E-state index in [0.29, 0.717) is 0 Å². The highest BCUT2D eigenvalue weighted by molar-refractivity contribution is 9.10.